The van der Waals surface area contributed by atoms with Gasteiger partial charge in [0.2, 0.25) is 21.8 Å². The molecular weight excluding hydrogens is 494 g/mol. The second-order valence-corrected chi connectivity index (χ2v) is 10.9. The van der Waals surface area contributed by atoms with Gasteiger partial charge in [0.15, 0.2) is 0 Å². The zero-order valence-corrected chi connectivity index (χ0v) is 20.8. The van der Waals surface area contributed by atoms with Gasteiger partial charge in [-0.2, -0.15) is 4.72 Å². The van der Waals surface area contributed by atoms with Gasteiger partial charge >= 0.3 is 0 Å². The van der Waals surface area contributed by atoms with E-state index in [1.165, 1.54) is 6.07 Å². The Morgan fingerprint density at radius 1 is 1.12 bits per heavy atom. The number of hydrogen-bond acceptors (Lipinski definition) is 4. The van der Waals surface area contributed by atoms with Crippen molar-refractivity contribution >= 4 is 49.1 Å². The summed E-state index contributed by atoms with van der Waals surface area (Å²) >= 11 is 3.35. The van der Waals surface area contributed by atoms with E-state index >= 15 is 0 Å². The van der Waals surface area contributed by atoms with Crippen molar-refractivity contribution in [1.82, 2.24) is 4.72 Å². The zero-order chi connectivity index (χ0) is 23.5. The molecule has 2 N–H and O–H groups in total. The Hall–Kier alpha value is -2.23. The number of fused-ring (bicyclic) bond motifs is 1. The lowest BCUT2D eigenvalue weighted by molar-refractivity contribution is -0.118. The minimum atomic E-state index is -3.94. The van der Waals surface area contributed by atoms with E-state index in [4.69, 9.17) is 0 Å². The van der Waals surface area contributed by atoms with E-state index in [0.29, 0.717) is 31.5 Å². The van der Waals surface area contributed by atoms with Crippen LogP contribution in [0.4, 0.5) is 11.4 Å². The summed E-state index contributed by atoms with van der Waals surface area (Å²) in [6.45, 7) is 6.22. The van der Waals surface area contributed by atoms with Crippen LogP contribution in [0, 0.1) is 5.92 Å². The first-order valence-electron chi connectivity index (χ1n) is 10.6. The Morgan fingerprint density at radius 2 is 1.81 bits per heavy atom. The van der Waals surface area contributed by atoms with Crippen molar-refractivity contribution in [2.75, 3.05) is 16.8 Å². The fourth-order valence-electron chi connectivity index (χ4n) is 3.69. The van der Waals surface area contributed by atoms with Crippen LogP contribution >= 0.6 is 15.9 Å². The Labute approximate surface area is 197 Å². The molecule has 7 nitrogen and oxygen atoms in total. The molecule has 1 atom stereocenters. The summed E-state index contributed by atoms with van der Waals surface area (Å²) in [7, 11) is -3.94. The minimum absolute atomic E-state index is 0.0130. The van der Waals surface area contributed by atoms with E-state index in [-0.39, 0.29) is 16.7 Å². The van der Waals surface area contributed by atoms with Crippen LogP contribution in [-0.2, 0) is 26.0 Å². The molecule has 0 bridgehead atoms. The second-order valence-electron chi connectivity index (χ2n) is 8.24. The van der Waals surface area contributed by atoms with Crippen molar-refractivity contribution in [2.45, 2.75) is 51.0 Å². The summed E-state index contributed by atoms with van der Waals surface area (Å²) in [4.78, 5) is 26.8. The van der Waals surface area contributed by atoms with Crippen molar-refractivity contribution in [3.63, 3.8) is 0 Å². The fourth-order valence-corrected chi connectivity index (χ4v) is 5.22. The van der Waals surface area contributed by atoms with Gasteiger partial charge in [0.05, 0.1) is 4.90 Å². The minimum Gasteiger partial charge on any atom is -0.325 e. The summed E-state index contributed by atoms with van der Waals surface area (Å²) in [5.74, 6) is -0.295. The van der Waals surface area contributed by atoms with Crippen LogP contribution < -0.4 is 14.9 Å². The molecule has 0 unspecified atom stereocenters. The number of halogens is 1. The number of carbonyl (C=O) groups excluding carboxylic acids is 2. The lowest BCUT2D eigenvalue weighted by atomic mass is 10.0. The van der Waals surface area contributed by atoms with Gasteiger partial charge in [-0.1, -0.05) is 36.7 Å². The van der Waals surface area contributed by atoms with Gasteiger partial charge in [-0.25, -0.2) is 8.42 Å². The summed E-state index contributed by atoms with van der Waals surface area (Å²) in [6.07, 6.45) is 1.35. The smallest absolute Gasteiger partial charge is 0.242 e. The molecule has 2 aromatic carbocycles. The fraction of sp³-hybridized carbons (Fsp3) is 0.391. The van der Waals surface area contributed by atoms with E-state index in [1.807, 2.05) is 13.8 Å². The maximum Gasteiger partial charge on any atom is 0.242 e. The van der Waals surface area contributed by atoms with Crippen LogP contribution in [0.1, 0.15) is 39.2 Å². The van der Waals surface area contributed by atoms with Crippen LogP contribution in [0.25, 0.3) is 0 Å². The Bertz CT molecular complexity index is 1100. The van der Waals surface area contributed by atoms with Gasteiger partial charge in [0.1, 0.15) is 6.04 Å². The molecule has 2 aromatic rings. The van der Waals surface area contributed by atoms with Gasteiger partial charge in [0.25, 0.3) is 0 Å². The average Bonchev–Trinajstić information content (AvgIpc) is 3.17. The maximum atomic E-state index is 13.1. The topological polar surface area (TPSA) is 95.6 Å². The number of nitrogens with zero attached hydrogens (tertiary/aromatic N) is 1. The average molecular weight is 522 g/mol. The largest absolute Gasteiger partial charge is 0.325 e. The first-order valence-corrected chi connectivity index (χ1v) is 12.9. The maximum absolute atomic E-state index is 13.1. The lowest BCUT2D eigenvalue weighted by Gasteiger charge is -2.21. The number of sulfonamides is 1. The zero-order valence-electron chi connectivity index (χ0n) is 18.4. The van der Waals surface area contributed by atoms with E-state index in [2.05, 4.69) is 26.0 Å². The lowest BCUT2D eigenvalue weighted by Crippen LogP contribution is -2.44. The standard InChI is InChI=1S/C23H28BrN3O4S/c1-4-22(28)27-12-11-16-14-19(9-10-21(16)27)32(30,31)26-20(13-15(2)3)23(29)25-18-7-5-17(24)6-8-18/h5-10,14-15,20,26H,4,11-13H2,1-3H3,(H,25,29)/t20-/m0/s1. The Kier molecular flexibility index (Phi) is 7.74. The molecule has 1 heterocycles. The molecule has 0 aliphatic carbocycles. The second kappa shape index (κ2) is 10.1. The quantitative estimate of drug-likeness (QED) is 0.546. The van der Waals surface area contributed by atoms with Crippen molar-refractivity contribution < 1.29 is 18.0 Å². The van der Waals surface area contributed by atoms with E-state index in [9.17, 15) is 18.0 Å². The SMILES string of the molecule is CCC(=O)N1CCc2cc(S(=O)(=O)N[C@@H](CC(C)C)C(=O)Nc3ccc(Br)cc3)ccc21. The molecule has 0 saturated heterocycles. The van der Waals surface area contributed by atoms with Gasteiger partial charge in [-0.3, -0.25) is 9.59 Å². The van der Waals surface area contributed by atoms with Crippen LogP contribution in [0.2, 0.25) is 0 Å². The molecule has 1 aliphatic rings. The summed E-state index contributed by atoms with van der Waals surface area (Å²) in [5.41, 5.74) is 2.15. The van der Waals surface area contributed by atoms with Crippen molar-refractivity contribution in [2.24, 2.45) is 5.92 Å². The number of anilines is 2. The van der Waals surface area contributed by atoms with Crippen LogP contribution in [0.15, 0.2) is 51.8 Å². The van der Waals surface area contributed by atoms with Gasteiger partial charge in [-0.05, 0) is 66.8 Å². The van der Waals surface area contributed by atoms with Crippen LogP contribution in [0.5, 0.6) is 0 Å². The molecule has 172 valence electrons. The van der Waals surface area contributed by atoms with Crippen molar-refractivity contribution in [3.8, 4) is 0 Å². The highest BCUT2D eigenvalue weighted by Crippen LogP contribution is 2.31. The molecular formula is C23H28BrN3O4S. The normalized spacial score (nSPS) is 14.3. The molecule has 2 amide bonds. The molecule has 3 rings (SSSR count). The molecule has 0 spiro atoms. The summed E-state index contributed by atoms with van der Waals surface area (Å²) in [6, 6.07) is 10.9. The Morgan fingerprint density at radius 3 is 2.44 bits per heavy atom. The number of rotatable bonds is 8. The monoisotopic (exact) mass is 521 g/mol. The summed E-state index contributed by atoms with van der Waals surface area (Å²) < 4.78 is 29.7. The number of nitrogens with one attached hydrogen (secondary N) is 2. The molecule has 0 aromatic heterocycles. The first kappa shape index (κ1) is 24.4. The van der Waals surface area contributed by atoms with Crippen LogP contribution in [-0.4, -0.2) is 32.8 Å². The van der Waals surface area contributed by atoms with E-state index in [1.54, 1.807) is 48.2 Å². The van der Waals surface area contributed by atoms with Gasteiger partial charge in [0, 0.05) is 28.8 Å². The van der Waals surface area contributed by atoms with E-state index < -0.39 is 22.0 Å². The van der Waals surface area contributed by atoms with Crippen molar-refractivity contribution in [1.29, 1.82) is 0 Å². The van der Waals surface area contributed by atoms with Crippen molar-refractivity contribution in [3.05, 3.63) is 52.5 Å². The predicted octanol–water partition coefficient (Wildman–Crippen LogP) is 4.08. The first-order chi connectivity index (χ1) is 15.1. The Balaban J connectivity index is 1.80. The third-order valence-electron chi connectivity index (χ3n) is 5.29. The predicted molar refractivity (Wildman–Crippen MR) is 129 cm³/mol. The van der Waals surface area contributed by atoms with E-state index in [0.717, 1.165) is 15.7 Å². The molecule has 0 fully saturated rings. The highest BCUT2D eigenvalue weighted by molar-refractivity contribution is 9.10. The third-order valence-corrected chi connectivity index (χ3v) is 7.29. The molecule has 1 aliphatic heterocycles. The number of carbonyl (C=O) groups is 2. The third kappa shape index (κ3) is 5.76. The van der Waals surface area contributed by atoms with Gasteiger partial charge < -0.3 is 10.2 Å². The molecule has 9 heteroatoms. The highest BCUT2D eigenvalue weighted by Gasteiger charge is 2.29. The highest BCUT2D eigenvalue weighted by atomic mass is 79.9. The number of amides is 2. The van der Waals surface area contributed by atoms with Gasteiger partial charge in [-0.15, -0.1) is 0 Å². The van der Waals surface area contributed by atoms with Crippen LogP contribution in [0.3, 0.4) is 0 Å². The number of hydrogen-bond donors (Lipinski definition) is 2. The summed E-state index contributed by atoms with van der Waals surface area (Å²) in [5, 5.41) is 2.78. The molecule has 0 saturated carbocycles. The molecule has 32 heavy (non-hydrogen) atoms. The molecule has 0 radical (unpaired) electrons. The number of benzene rings is 2.